The maximum Gasteiger partial charge on any atom is 0.246 e. The molecule has 0 radical (unpaired) electrons. The van der Waals surface area contributed by atoms with Crippen molar-refractivity contribution in [2.45, 2.75) is 251 Å². The van der Waals surface area contributed by atoms with E-state index in [1.54, 1.807) is 0 Å². The van der Waals surface area contributed by atoms with E-state index in [2.05, 4.69) is 57.5 Å². The van der Waals surface area contributed by atoms with Crippen molar-refractivity contribution in [3.05, 3.63) is 0 Å². The van der Waals surface area contributed by atoms with Crippen LogP contribution in [0, 0.1) is 0 Å². The van der Waals surface area contributed by atoms with Crippen LogP contribution in [0.3, 0.4) is 0 Å². The normalized spacial score (nSPS) is 12.6. The molecule has 0 rings (SSSR count). The highest BCUT2D eigenvalue weighted by molar-refractivity contribution is 5.77. The first-order valence-corrected chi connectivity index (χ1v) is 33.9. The van der Waals surface area contributed by atoms with E-state index in [4.69, 9.17) is 85.3 Å². The van der Waals surface area contributed by atoms with Gasteiger partial charge in [0.05, 0.1) is 225 Å². The number of nitrogens with one attached hydrogen (secondary N) is 3. The Morgan fingerprint density at radius 2 is 0.435 bits per heavy atom. The zero-order chi connectivity index (χ0) is 71.5. The van der Waals surface area contributed by atoms with Crippen LogP contribution in [0.4, 0.5) is 0 Å². The average molecular weight is 1340 g/mol. The van der Waals surface area contributed by atoms with E-state index in [9.17, 15) is 4.79 Å². The second-order valence-corrected chi connectivity index (χ2v) is 30.0. The topological polar surface area (TPSA) is 219 Å². The lowest BCUT2D eigenvalue weighted by Gasteiger charge is -2.20. The van der Waals surface area contributed by atoms with E-state index in [0.717, 1.165) is 19.7 Å². The maximum atomic E-state index is 11.4. The van der Waals surface area contributed by atoms with Gasteiger partial charge in [-0.2, -0.15) is 0 Å². The van der Waals surface area contributed by atoms with Crippen molar-refractivity contribution < 1.29 is 90.1 Å². The van der Waals surface area contributed by atoms with Crippen LogP contribution in [-0.2, 0) is 90.1 Å². The third kappa shape index (κ3) is 116. The second-order valence-electron chi connectivity index (χ2n) is 30.0. The lowest BCUT2D eigenvalue weighted by atomic mass is 10.1. The molecule has 0 aliphatic heterocycles. The Morgan fingerprint density at radius 1 is 0.250 bits per heavy atom. The Morgan fingerprint density at radius 3 is 0.620 bits per heavy atom. The SMILES string of the molecule is CC(C)(C)NC(=O)COCCOCCOC(C)(C)C.CC(C)(C)NCCOCCOCCOC(C)(C)C.CC(C)(C)OCCOCCOC(C)(C)C.CC(C)OCCOCCOCCOCCNC(C)(C)C.CC(C)OCCOCCOCCOCCOC(C)(C)C. The molecule has 22 heteroatoms. The van der Waals surface area contributed by atoms with Crippen LogP contribution in [0.25, 0.3) is 0 Å². The van der Waals surface area contributed by atoms with Crippen molar-refractivity contribution >= 4 is 5.91 Å². The first kappa shape index (κ1) is 99.3. The molecule has 0 heterocycles. The van der Waals surface area contributed by atoms with E-state index in [1.165, 1.54) is 0 Å². The molecule has 0 unspecified atom stereocenters. The van der Waals surface area contributed by atoms with E-state index >= 15 is 0 Å². The molecule has 0 atom stereocenters. The van der Waals surface area contributed by atoms with E-state index in [1.807, 2.05) is 152 Å². The van der Waals surface area contributed by atoms with Crippen LogP contribution >= 0.6 is 0 Å². The number of hydrogen-bond donors (Lipinski definition) is 3. The third-order valence-electron chi connectivity index (χ3n) is 9.95. The molecular weight excluding hydrogens is 1190 g/mol. The fourth-order valence-electron chi connectivity index (χ4n) is 6.06. The van der Waals surface area contributed by atoms with E-state index < -0.39 is 0 Å². The molecule has 0 fully saturated rings. The smallest absolute Gasteiger partial charge is 0.246 e. The molecule has 560 valence electrons. The molecule has 0 aromatic heterocycles. The minimum absolute atomic E-state index is 0.0686. The van der Waals surface area contributed by atoms with Gasteiger partial charge >= 0.3 is 0 Å². The minimum Gasteiger partial charge on any atom is -0.378 e. The Kier molecular flexibility index (Phi) is 65.7. The van der Waals surface area contributed by atoms with Gasteiger partial charge in [0, 0.05) is 29.7 Å². The van der Waals surface area contributed by atoms with Gasteiger partial charge in [-0.15, -0.1) is 0 Å². The molecule has 0 aliphatic carbocycles. The monoisotopic (exact) mass is 1340 g/mol. The van der Waals surface area contributed by atoms with Gasteiger partial charge in [-0.25, -0.2) is 0 Å². The summed E-state index contributed by atoms with van der Waals surface area (Å²) in [5.41, 5.74) is -0.391. The fourth-order valence-corrected chi connectivity index (χ4v) is 6.06. The summed E-state index contributed by atoms with van der Waals surface area (Å²) in [4.78, 5) is 11.4. The Balaban J connectivity index is -0.000000344. The third-order valence-corrected chi connectivity index (χ3v) is 9.95. The first-order chi connectivity index (χ1) is 42.3. The highest BCUT2D eigenvalue weighted by Gasteiger charge is 2.15. The summed E-state index contributed by atoms with van der Waals surface area (Å²) >= 11 is 0. The van der Waals surface area contributed by atoms with Crippen molar-refractivity contribution in [2.24, 2.45) is 0 Å². The highest BCUT2D eigenvalue weighted by Crippen LogP contribution is 2.09. The van der Waals surface area contributed by atoms with Crippen LogP contribution < -0.4 is 16.0 Å². The van der Waals surface area contributed by atoms with Gasteiger partial charge in [0.25, 0.3) is 0 Å². The summed E-state index contributed by atoms with van der Waals surface area (Å²) in [7, 11) is 0. The number of amides is 1. The Hall–Kier alpha value is -1.33. The predicted molar refractivity (Wildman–Crippen MR) is 373 cm³/mol. The zero-order valence-corrected chi connectivity index (χ0v) is 64.8. The van der Waals surface area contributed by atoms with Crippen molar-refractivity contribution in [3.8, 4) is 0 Å². The lowest BCUT2D eigenvalue weighted by Crippen LogP contribution is -2.42. The van der Waals surface area contributed by atoms with Crippen molar-refractivity contribution in [3.63, 3.8) is 0 Å². The number of carbonyl (C=O) groups is 1. The minimum atomic E-state index is -0.221. The number of hydrogen-bond acceptors (Lipinski definition) is 21. The number of rotatable bonds is 49. The molecule has 1 amide bonds. The van der Waals surface area contributed by atoms with Gasteiger partial charge in [-0.3, -0.25) is 4.79 Å². The summed E-state index contributed by atoms with van der Waals surface area (Å²) in [5.74, 6) is -0.108. The quantitative estimate of drug-likeness (QED) is 0.0482. The van der Waals surface area contributed by atoms with Crippen LogP contribution in [0.1, 0.15) is 194 Å². The Labute approximate surface area is 565 Å². The highest BCUT2D eigenvalue weighted by atomic mass is 16.6. The standard InChI is InChI=1S/C15H33NO4.C15H32O5.C14H29NO4.C14H31NO3.C12H26O3/c1-14(2)20-13-12-19-11-10-18-9-8-17-7-6-16-15(3,4)5;1-14(2)19-12-10-17-8-6-16-7-9-18-11-13-20-15(3,4)5;1-13(2,3)15-12(16)11-18-8-7-17-9-10-19-14(4,5)6;1-13(2,3)15-7-8-16-9-10-17-11-12-18-14(4,5)6;1-11(2,3)14-9-7-13-8-10-15-12(4,5)6/h14,16H,6-13H2,1-5H3;14H,6-13H2,1-5H3;7-11H2,1-6H3,(H,15,16);15H,7-12H2,1-6H3;7-10H2,1-6H3. The van der Waals surface area contributed by atoms with Crippen molar-refractivity contribution in [1.29, 1.82) is 0 Å². The zero-order valence-electron chi connectivity index (χ0n) is 64.8. The number of ether oxygens (including phenoxy) is 18. The van der Waals surface area contributed by atoms with Crippen molar-refractivity contribution in [2.75, 3.05) is 205 Å². The largest absolute Gasteiger partial charge is 0.378 e. The molecule has 22 nitrogen and oxygen atoms in total. The van der Waals surface area contributed by atoms with Crippen LogP contribution in [0.5, 0.6) is 0 Å². The fraction of sp³-hybridized carbons (Fsp3) is 0.986. The van der Waals surface area contributed by atoms with E-state index in [0.29, 0.717) is 178 Å². The molecule has 92 heavy (non-hydrogen) atoms. The summed E-state index contributed by atoms with van der Waals surface area (Å²) in [6, 6.07) is 0. The van der Waals surface area contributed by atoms with Crippen LogP contribution in [0.15, 0.2) is 0 Å². The summed E-state index contributed by atoms with van der Waals surface area (Å²) in [6.07, 6.45) is 0.522. The Bertz CT molecular complexity index is 1440. The van der Waals surface area contributed by atoms with Gasteiger partial charge in [-0.1, -0.05) is 0 Å². The number of carbonyl (C=O) groups excluding carboxylic acids is 1. The predicted octanol–water partition coefficient (Wildman–Crippen LogP) is 10.7. The van der Waals surface area contributed by atoms with Gasteiger partial charge in [0.1, 0.15) is 6.61 Å². The summed E-state index contributed by atoms with van der Waals surface area (Å²) in [5, 5.41) is 9.55. The molecule has 3 N–H and O–H groups in total. The average Bonchev–Trinajstić information content (AvgIpc) is 3.39. The molecule has 0 aromatic carbocycles. The van der Waals surface area contributed by atoms with E-state index in [-0.39, 0.29) is 69.3 Å². The van der Waals surface area contributed by atoms with Gasteiger partial charge in [0.15, 0.2) is 0 Å². The second kappa shape index (κ2) is 60.8. The van der Waals surface area contributed by atoms with Crippen LogP contribution in [0.2, 0.25) is 0 Å². The molecule has 0 aliphatic rings. The molecule has 0 saturated carbocycles. The molecule has 0 saturated heterocycles. The van der Waals surface area contributed by atoms with Gasteiger partial charge in [0.2, 0.25) is 5.91 Å². The molecule has 0 spiro atoms. The van der Waals surface area contributed by atoms with Gasteiger partial charge < -0.3 is 101 Å². The summed E-state index contributed by atoms with van der Waals surface area (Å²) in [6.45, 7) is 76.0. The molecule has 0 aromatic rings. The van der Waals surface area contributed by atoms with Gasteiger partial charge in [-0.05, 0) is 194 Å². The van der Waals surface area contributed by atoms with Crippen LogP contribution in [-0.4, -0.2) is 267 Å². The molecular formula is C70H151N3O19. The van der Waals surface area contributed by atoms with Crippen molar-refractivity contribution in [1.82, 2.24) is 16.0 Å². The summed E-state index contributed by atoms with van der Waals surface area (Å²) < 4.78 is 97.4. The lowest BCUT2D eigenvalue weighted by molar-refractivity contribution is -0.127. The first-order valence-electron chi connectivity index (χ1n) is 33.9. The maximum absolute atomic E-state index is 11.4. The molecule has 0 bridgehead atoms.